The summed E-state index contributed by atoms with van der Waals surface area (Å²) in [6, 6.07) is 3.23. The third kappa shape index (κ3) is 3.22. The van der Waals surface area contributed by atoms with E-state index >= 15 is 0 Å². The molecule has 0 radical (unpaired) electrons. The Labute approximate surface area is 124 Å². The number of hydrogen-bond acceptors (Lipinski definition) is 6. The van der Waals surface area contributed by atoms with E-state index in [1.54, 1.807) is 0 Å². The van der Waals surface area contributed by atoms with Gasteiger partial charge in [0.15, 0.2) is 5.57 Å². The zero-order chi connectivity index (χ0) is 16.5. The van der Waals surface area contributed by atoms with Crippen molar-refractivity contribution in [2.75, 3.05) is 5.32 Å². The van der Waals surface area contributed by atoms with Crippen molar-refractivity contribution in [2.24, 2.45) is 0 Å². The van der Waals surface area contributed by atoms with Crippen LogP contribution in [0, 0.1) is 5.82 Å². The van der Waals surface area contributed by atoms with E-state index in [-0.39, 0.29) is 11.3 Å². The van der Waals surface area contributed by atoms with Crippen LogP contribution in [-0.4, -0.2) is 28.8 Å². The summed E-state index contributed by atoms with van der Waals surface area (Å²) in [5.41, 5.74) is -0.754. The van der Waals surface area contributed by atoms with Crippen LogP contribution in [0.1, 0.15) is 24.2 Å². The van der Waals surface area contributed by atoms with Crippen LogP contribution < -0.4 is 5.32 Å². The highest BCUT2D eigenvalue weighted by Gasteiger charge is 2.38. The van der Waals surface area contributed by atoms with Gasteiger partial charge in [-0.2, -0.15) is 0 Å². The lowest BCUT2D eigenvalue weighted by atomic mass is 10.2. The molecule has 1 aromatic carbocycles. The zero-order valence-electron chi connectivity index (χ0n) is 11.7. The second kappa shape index (κ2) is 5.47. The number of ether oxygens (including phenoxy) is 2. The topological polar surface area (TPSA) is 102 Å². The molecular formula is C14H12FNO6. The maximum atomic E-state index is 13.3. The van der Waals surface area contributed by atoms with Crippen molar-refractivity contribution in [1.29, 1.82) is 0 Å². The molecule has 1 heterocycles. The van der Waals surface area contributed by atoms with Crippen LogP contribution in [0.5, 0.6) is 0 Å². The number of rotatable bonds is 3. The summed E-state index contributed by atoms with van der Waals surface area (Å²) in [6.07, 6.45) is 1.01. The van der Waals surface area contributed by atoms with Crippen LogP contribution in [0.2, 0.25) is 0 Å². The van der Waals surface area contributed by atoms with E-state index < -0.39 is 35.1 Å². The number of cyclic esters (lactones) is 2. The summed E-state index contributed by atoms with van der Waals surface area (Å²) in [5, 5.41) is 11.3. The Kier molecular flexibility index (Phi) is 3.85. The smallest absolute Gasteiger partial charge is 0.350 e. The molecule has 0 aliphatic carbocycles. The van der Waals surface area contributed by atoms with Crippen LogP contribution >= 0.6 is 0 Å². The van der Waals surface area contributed by atoms with E-state index in [0.29, 0.717) is 0 Å². The molecule has 2 rings (SSSR count). The first-order chi connectivity index (χ1) is 10.2. The molecule has 1 fully saturated rings. The van der Waals surface area contributed by atoms with Gasteiger partial charge in [0.25, 0.3) is 5.79 Å². The Morgan fingerprint density at radius 2 is 1.86 bits per heavy atom. The van der Waals surface area contributed by atoms with Crippen LogP contribution in [0.25, 0.3) is 0 Å². The summed E-state index contributed by atoms with van der Waals surface area (Å²) in [6.45, 7) is 2.82. The van der Waals surface area contributed by atoms with Gasteiger partial charge in [0.1, 0.15) is 5.82 Å². The monoisotopic (exact) mass is 309 g/mol. The maximum absolute atomic E-state index is 13.3. The summed E-state index contributed by atoms with van der Waals surface area (Å²) in [5.74, 6) is -5.45. The van der Waals surface area contributed by atoms with Crippen molar-refractivity contribution < 1.29 is 33.4 Å². The van der Waals surface area contributed by atoms with Crippen LogP contribution in [0.15, 0.2) is 30.0 Å². The third-order valence-corrected chi connectivity index (χ3v) is 2.70. The van der Waals surface area contributed by atoms with Gasteiger partial charge in [-0.05, 0) is 18.2 Å². The predicted octanol–water partition coefficient (Wildman–Crippen LogP) is 1.66. The molecule has 0 bridgehead atoms. The Morgan fingerprint density at radius 1 is 1.27 bits per heavy atom. The first-order valence-electron chi connectivity index (χ1n) is 6.16. The van der Waals surface area contributed by atoms with Gasteiger partial charge in [0.2, 0.25) is 0 Å². The average molecular weight is 309 g/mol. The van der Waals surface area contributed by atoms with E-state index in [1.807, 2.05) is 0 Å². The number of esters is 2. The molecule has 1 saturated heterocycles. The molecule has 0 amide bonds. The Balaban J connectivity index is 2.22. The van der Waals surface area contributed by atoms with Crippen LogP contribution in [-0.2, 0) is 19.1 Å². The molecule has 22 heavy (non-hydrogen) atoms. The quantitative estimate of drug-likeness (QED) is 0.497. The largest absolute Gasteiger partial charge is 0.478 e. The van der Waals surface area contributed by atoms with E-state index in [0.717, 1.165) is 18.3 Å². The molecule has 0 atom stereocenters. The summed E-state index contributed by atoms with van der Waals surface area (Å²) < 4.78 is 23.0. The molecule has 0 spiro atoms. The fourth-order valence-electron chi connectivity index (χ4n) is 1.71. The van der Waals surface area contributed by atoms with Crippen molar-refractivity contribution in [1.82, 2.24) is 0 Å². The van der Waals surface area contributed by atoms with Gasteiger partial charge >= 0.3 is 17.9 Å². The molecule has 1 aliphatic heterocycles. The molecule has 0 unspecified atom stereocenters. The van der Waals surface area contributed by atoms with E-state index in [2.05, 4.69) is 5.32 Å². The highest BCUT2D eigenvalue weighted by atomic mass is 19.1. The summed E-state index contributed by atoms with van der Waals surface area (Å²) >= 11 is 0. The van der Waals surface area contributed by atoms with E-state index in [1.165, 1.54) is 19.9 Å². The van der Waals surface area contributed by atoms with Gasteiger partial charge in [-0.1, -0.05) is 0 Å². The molecule has 8 heteroatoms. The van der Waals surface area contributed by atoms with Crippen molar-refractivity contribution >= 4 is 23.6 Å². The molecule has 116 valence electrons. The lowest BCUT2D eigenvalue weighted by molar-refractivity contribution is -0.222. The molecule has 7 nitrogen and oxygen atoms in total. The van der Waals surface area contributed by atoms with Gasteiger partial charge in [0, 0.05) is 25.7 Å². The first-order valence-corrected chi connectivity index (χ1v) is 6.16. The minimum atomic E-state index is -1.44. The van der Waals surface area contributed by atoms with E-state index in [9.17, 15) is 18.8 Å². The van der Waals surface area contributed by atoms with E-state index in [4.69, 9.17) is 14.6 Å². The fraction of sp³-hybridized carbons (Fsp3) is 0.214. The van der Waals surface area contributed by atoms with Crippen LogP contribution in [0.3, 0.4) is 0 Å². The van der Waals surface area contributed by atoms with Gasteiger partial charge in [0.05, 0.1) is 5.56 Å². The highest BCUT2D eigenvalue weighted by molar-refractivity contribution is 6.15. The Morgan fingerprint density at radius 3 is 2.41 bits per heavy atom. The number of carboxylic acids is 1. The number of benzene rings is 1. The fourth-order valence-corrected chi connectivity index (χ4v) is 1.71. The van der Waals surface area contributed by atoms with Crippen molar-refractivity contribution in [2.45, 2.75) is 19.6 Å². The van der Waals surface area contributed by atoms with Crippen molar-refractivity contribution in [3.05, 3.63) is 41.4 Å². The second-order valence-corrected chi connectivity index (χ2v) is 4.88. The Hall–Kier alpha value is -2.90. The number of hydrogen-bond donors (Lipinski definition) is 2. The lowest BCUT2D eigenvalue weighted by Gasteiger charge is -2.29. The zero-order valence-corrected chi connectivity index (χ0v) is 11.7. The van der Waals surface area contributed by atoms with Gasteiger partial charge < -0.3 is 19.9 Å². The number of carboxylic acid groups (broad SMARTS) is 1. The van der Waals surface area contributed by atoms with Crippen molar-refractivity contribution in [3.63, 3.8) is 0 Å². The highest BCUT2D eigenvalue weighted by Crippen LogP contribution is 2.23. The SMILES string of the molecule is CC1(C)OC(=O)C(=CNc2ccc(F)c(C(=O)O)c2)C(=O)O1. The number of aromatic carboxylic acids is 1. The lowest BCUT2D eigenvalue weighted by Crippen LogP contribution is -2.42. The van der Waals surface area contributed by atoms with Gasteiger partial charge in [-0.15, -0.1) is 0 Å². The minimum Gasteiger partial charge on any atom is -0.478 e. The van der Waals surface area contributed by atoms with Crippen molar-refractivity contribution in [3.8, 4) is 0 Å². The number of nitrogens with one attached hydrogen (secondary N) is 1. The first kappa shape index (κ1) is 15.5. The molecule has 0 saturated carbocycles. The number of halogens is 1. The van der Waals surface area contributed by atoms with Gasteiger partial charge in [-0.3, -0.25) is 0 Å². The number of carbonyl (C=O) groups is 3. The molecule has 1 aromatic rings. The number of carbonyl (C=O) groups excluding carboxylic acids is 2. The van der Waals surface area contributed by atoms with Crippen LogP contribution in [0.4, 0.5) is 10.1 Å². The normalized spacial score (nSPS) is 16.6. The third-order valence-electron chi connectivity index (χ3n) is 2.70. The molecular weight excluding hydrogens is 297 g/mol. The molecule has 0 aromatic heterocycles. The Bertz CT molecular complexity index is 673. The number of anilines is 1. The molecule has 1 aliphatic rings. The second-order valence-electron chi connectivity index (χ2n) is 4.88. The molecule has 2 N–H and O–H groups in total. The predicted molar refractivity (Wildman–Crippen MR) is 71.3 cm³/mol. The summed E-state index contributed by atoms with van der Waals surface area (Å²) in [7, 11) is 0. The maximum Gasteiger partial charge on any atom is 0.350 e. The minimum absolute atomic E-state index is 0.178. The summed E-state index contributed by atoms with van der Waals surface area (Å²) in [4.78, 5) is 34.2. The average Bonchev–Trinajstić information content (AvgIpc) is 2.37. The standard InChI is InChI=1S/C14H12FNO6/c1-14(2)21-12(19)9(13(20)22-14)6-16-7-3-4-10(15)8(5-7)11(17)18/h3-6,16H,1-2H3,(H,17,18). The van der Waals surface area contributed by atoms with Gasteiger partial charge in [-0.25, -0.2) is 18.8 Å².